The second-order valence-electron chi connectivity index (χ2n) is 6.41. The molecular weight excluding hydrogens is 252 g/mol. The molecule has 110 valence electrons. The maximum atomic E-state index is 12.6. The third-order valence-electron chi connectivity index (χ3n) is 4.05. The summed E-state index contributed by atoms with van der Waals surface area (Å²) in [6, 6.07) is 3.77. The highest BCUT2D eigenvalue weighted by molar-refractivity contribution is 5.95. The van der Waals surface area contributed by atoms with Crippen molar-refractivity contribution in [1.82, 2.24) is 9.88 Å². The van der Waals surface area contributed by atoms with Gasteiger partial charge in [0.05, 0.1) is 0 Å². The summed E-state index contributed by atoms with van der Waals surface area (Å²) in [5.74, 6) is 0.860. The van der Waals surface area contributed by atoms with E-state index in [1.165, 1.54) is 0 Å². The van der Waals surface area contributed by atoms with Crippen LogP contribution in [0.15, 0.2) is 18.3 Å². The number of carbonyl (C=O) groups excluding carboxylic acids is 1. The van der Waals surface area contributed by atoms with Crippen molar-refractivity contribution in [2.45, 2.75) is 26.3 Å². The molecule has 1 amide bonds. The molecule has 0 bridgehead atoms. The number of hydrogen-bond acceptors (Lipinski definition) is 4. The number of pyridine rings is 1. The molecule has 1 aliphatic rings. The van der Waals surface area contributed by atoms with Crippen LogP contribution in [0.2, 0.25) is 0 Å². The zero-order chi connectivity index (χ0) is 14.9. The Labute approximate surface area is 120 Å². The van der Waals surface area contributed by atoms with Gasteiger partial charge in [0.1, 0.15) is 5.82 Å². The summed E-state index contributed by atoms with van der Waals surface area (Å²) in [6.07, 6.45) is 2.54. The minimum atomic E-state index is -0.0364. The Morgan fingerprint density at radius 1 is 1.50 bits per heavy atom. The summed E-state index contributed by atoms with van der Waals surface area (Å²) < 4.78 is 0. The number of nitrogens with zero attached hydrogens (tertiary/aromatic N) is 3. The van der Waals surface area contributed by atoms with Gasteiger partial charge < -0.3 is 15.5 Å². The average Bonchev–Trinajstić information content (AvgIpc) is 2.41. The Kier molecular flexibility index (Phi) is 3.99. The molecule has 0 aromatic carbocycles. The molecule has 2 N–H and O–H groups in total. The summed E-state index contributed by atoms with van der Waals surface area (Å²) in [4.78, 5) is 20.6. The summed E-state index contributed by atoms with van der Waals surface area (Å²) in [5.41, 5.74) is 6.78. The lowest BCUT2D eigenvalue weighted by atomic mass is 9.79. The molecule has 1 aromatic heterocycles. The van der Waals surface area contributed by atoms with Crippen LogP contribution in [0, 0.1) is 5.41 Å². The van der Waals surface area contributed by atoms with Crippen LogP contribution < -0.4 is 10.6 Å². The number of nitrogens with two attached hydrogens (primary N) is 1. The van der Waals surface area contributed by atoms with E-state index in [0.717, 1.165) is 18.8 Å². The van der Waals surface area contributed by atoms with Crippen molar-refractivity contribution >= 4 is 11.7 Å². The van der Waals surface area contributed by atoms with E-state index >= 15 is 0 Å². The Bertz CT molecular complexity index is 498. The quantitative estimate of drug-likeness (QED) is 0.885. The van der Waals surface area contributed by atoms with Gasteiger partial charge in [-0.1, -0.05) is 13.8 Å². The number of likely N-dealkylation sites (tertiary alicyclic amines) is 1. The molecule has 1 fully saturated rings. The monoisotopic (exact) mass is 276 g/mol. The van der Waals surface area contributed by atoms with Gasteiger partial charge in [-0.05, 0) is 24.0 Å². The van der Waals surface area contributed by atoms with Crippen LogP contribution >= 0.6 is 0 Å². The van der Waals surface area contributed by atoms with Gasteiger partial charge in [0, 0.05) is 45.0 Å². The van der Waals surface area contributed by atoms with Crippen LogP contribution in [0.3, 0.4) is 0 Å². The number of hydrogen-bond donors (Lipinski definition) is 1. The smallest absolute Gasteiger partial charge is 0.254 e. The van der Waals surface area contributed by atoms with Crippen LogP contribution in [0.1, 0.15) is 30.6 Å². The SMILES string of the molecule is CN(C)c1cc(C(=O)N2CCC(N)C(C)(C)C2)ccn1. The minimum Gasteiger partial charge on any atom is -0.363 e. The first-order chi connectivity index (χ1) is 9.31. The number of amides is 1. The maximum Gasteiger partial charge on any atom is 0.254 e. The van der Waals surface area contributed by atoms with E-state index in [2.05, 4.69) is 18.8 Å². The fourth-order valence-corrected chi connectivity index (χ4v) is 2.53. The van der Waals surface area contributed by atoms with E-state index in [4.69, 9.17) is 5.73 Å². The standard InChI is InChI=1S/C15H24N4O/c1-15(2)10-19(8-6-12(15)16)14(20)11-5-7-17-13(9-11)18(3)4/h5,7,9,12H,6,8,10,16H2,1-4H3. The number of anilines is 1. The molecule has 1 aromatic rings. The van der Waals surface area contributed by atoms with E-state index in [9.17, 15) is 4.79 Å². The lowest BCUT2D eigenvalue weighted by Gasteiger charge is -2.42. The van der Waals surface area contributed by atoms with Gasteiger partial charge >= 0.3 is 0 Å². The van der Waals surface area contributed by atoms with Gasteiger partial charge in [-0.15, -0.1) is 0 Å². The predicted octanol–water partition coefficient (Wildman–Crippen LogP) is 1.35. The number of carbonyl (C=O) groups is 1. The van der Waals surface area contributed by atoms with Crippen molar-refractivity contribution in [3.63, 3.8) is 0 Å². The van der Waals surface area contributed by atoms with Gasteiger partial charge in [-0.3, -0.25) is 4.79 Å². The van der Waals surface area contributed by atoms with Crippen LogP contribution in [0.25, 0.3) is 0 Å². The van der Waals surface area contributed by atoms with Crippen LogP contribution in [0.4, 0.5) is 5.82 Å². The zero-order valence-corrected chi connectivity index (χ0v) is 12.8. The van der Waals surface area contributed by atoms with Crippen molar-refractivity contribution in [2.24, 2.45) is 11.1 Å². The molecule has 2 rings (SSSR count). The van der Waals surface area contributed by atoms with Crippen LogP contribution in [0.5, 0.6) is 0 Å². The third kappa shape index (κ3) is 2.93. The fraction of sp³-hybridized carbons (Fsp3) is 0.600. The Hall–Kier alpha value is -1.62. The number of rotatable bonds is 2. The molecule has 0 aliphatic carbocycles. The molecule has 0 radical (unpaired) electrons. The lowest BCUT2D eigenvalue weighted by Crippen LogP contribution is -2.54. The van der Waals surface area contributed by atoms with Crippen molar-refractivity contribution in [2.75, 3.05) is 32.1 Å². The van der Waals surface area contributed by atoms with Crippen molar-refractivity contribution in [3.05, 3.63) is 23.9 Å². The van der Waals surface area contributed by atoms with Crippen LogP contribution in [-0.2, 0) is 0 Å². The molecule has 0 saturated carbocycles. The minimum absolute atomic E-state index is 0.0364. The molecule has 1 unspecified atom stereocenters. The van der Waals surface area contributed by atoms with Crippen molar-refractivity contribution in [1.29, 1.82) is 0 Å². The lowest BCUT2D eigenvalue weighted by molar-refractivity contribution is 0.0533. The predicted molar refractivity (Wildman–Crippen MR) is 80.8 cm³/mol. The van der Waals surface area contributed by atoms with Gasteiger partial charge in [0.2, 0.25) is 0 Å². The molecule has 1 saturated heterocycles. The Morgan fingerprint density at radius 3 is 2.80 bits per heavy atom. The fourth-order valence-electron chi connectivity index (χ4n) is 2.53. The van der Waals surface area contributed by atoms with Gasteiger partial charge in [-0.2, -0.15) is 0 Å². The molecular formula is C15H24N4O. The Morgan fingerprint density at radius 2 is 2.20 bits per heavy atom. The van der Waals surface area contributed by atoms with Crippen molar-refractivity contribution < 1.29 is 4.79 Å². The summed E-state index contributed by atoms with van der Waals surface area (Å²) in [6.45, 7) is 5.67. The molecule has 1 aliphatic heterocycles. The summed E-state index contributed by atoms with van der Waals surface area (Å²) in [5, 5.41) is 0. The molecule has 5 nitrogen and oxygen atoms in total. The number of piperidine rings is 1. The van der Waals surface area contributed by atoms with Crippen LogP contribution in [-0.4, -0.2) is 49.0 Å². The largest absolute Gasteiger partial charge is 0.363 e. The summed E-state index contributed by atoms with van der Waals surface area (Å²) in [7, 11) is 3.83. The molecule has 2 heterocycles. The third-order valence-corrected chi connectivity index (χ3v) is 4.05. The molecule has 1 atom stereocenters. The second kappa shape index (κ2) is 5.40. The Balaban J connectivity index is 2.18. The normalized spacial score (nSPS) is 21.6. The highest BCUT2D eigenvalue weighted by Gasteiger charge is 2.35. The second-order valence-corrected chi connectivity index (χ2v) is 6.41. The molecule has 5 heteroatoms. The first-order valence-corrected chi connectivity index (χ1v) is 6.99. The molecule has 20 heavy (non-hydrogen) atoms. The zero-order valence-electron chi connectivity index (χ0n) is 12.8. The summed E-state index contributed by atoms with van der Waals surface area (Å²) >= 11 is 0. The van der Waals surface area contributed by atoms with E-state index in [1.54, 1.807) is 12.3 Å². The van der Waals surface area contributed by atoms with E-state index < -0.39 is 0 Å². The highest BCUT2D eigenvalue weighted by atomic mass is 16.2. The maximum absolute atomic E-state index is 12.6. The average molecular weight is 276 g/mol. The van der Waals surface area contributed by atoms with Gasteiger partial charge in [0.25, 0.3) is 5.91 Å². The van der Waals surface area contributed by atoms with E-state index in [1.807, 2.05) is 30.0 Å². The first kappa shape index (κ1) is 14.8. The van der Waals surface area contributed by atoms with E-state index in [0.29, 0.717) is 12.1 Å². The van der Waals surface area contributed by atoms with Crippen molar-refractivity contribution in [3.8, 4) is 0 Å². The molecule has 0 spiro atoms. The number of aromatic nitrogens is 1. The van der Waals surface area contributed by atoms with Gasteiger partial charge in [0.15, 0.2) is 0 Å². The highest BCUT2D eigenvalue weighted by Crippen LogP contribution is 2.28. The van der Waals surface area contributed by atoms with Gasteiger partial charge in [-0.25, -0.2) is 4.98 Å². The first-order valence-electron chi connectivity index (χ1n) is 6.99. The van der Waals surface area contributed by atoms with E-state index in [-0.39, 0.29) is 17.4 Å². The topological polar surface area (TPSA) is 62.5 Å².